The van der Waals surface area contributed by atoms with Crippen LogP contribution >= 0.6 is 0 Å². The van der Waals surface area contributed by atoms with Crippen LogP contribution in [-0.4, -0.2) is 62.4 Å². The molecule has 0 spiro atoms. The van der Waals surface area contributed by atoms with Gasteiger partial charge in [-0.15, -0.1) is 0 Å². The van der Waals surface area contributed by atoms with Crippen molar-refractivity contribution in [3.8, 4) is 0 Å². The minimum absolute atomic E-state index is 0.347. The molecule has 338 valence electrons. The molecule has 0 radical (unpaired) electrons. The van der Waals surface area contributed by atoms with Crippen LogP contribution in [0.2, 0.25) is 0 Å². The van der Waals surface area contributed by atoms with Crippen molar-refractivity contribution < 1.29 is 24.2 Å². The zero-order valence-electron chi connectivity index (χ0n) is 39.1. The molecule has 0 aliphatic carbocycles. The fourth-order valence-corrected chi connectivity index (χ4v) is 7.43. The topological polar surface area (TPSA) is 76.1 Å². The van der Waals surface area contributed by atoms with Crippen LogP contribution in [0.4, 0.5) is 0 Å². The lowest BCUT2D eigenvalue weighted by atomic mass is 9.95. The summed E-state index contributed by atoms with van der Waals surface area (Å²) < 4.78 is 9.94. The number of hydrogen-bond donors (Lipinski definition) is 1. The van der Waals surface area contributed by atoms with Gasteiger partial charge in [0.15, 0.2) is 0 Å². The molecule has 0 saturated heterocycles. The predicted molar refractivity (Wildman–Crippen MR) is 246 cm³/mol. The highest BCUT2D eigenvalue weighted by Crippen LogP contribution is 2.20. The summed E-state index contributed by atoms with van der Waals surface area (Å²) in [6.07, 6.45) is 44.4. The third-order valence-corrected chi connectivity index (χ3v) is 11.2. The van der Waals surface area contributed by atoms with Crippen LogP contribution in [0, 0.1) is 11.8 Å². The van der Waals surface area contributed by atoms with Crippen molar-refractivity contribution >= 4 is 12.9 Å². The minimum Gasteiger partial charge on any atom is -0.468 e. The van der Waals surface area contributed by atoms with E-state index in [-0.39, 0.29) is 0 Å². The zero-order chi connectivity index (χ0) is 41.8. The summed E-state index contributed by atoms with van der Waals surface area (Å²) >= 11 is 0. The van der Waals surface area contributed by atoms with E-state index >= 15 is 0 Å². The second-order valence-corrected chi connectivity index (χ2v) is 16.8. The van der Waals surface area contributed by atoms with Gasteiger partial charge in [-0.05, 0) is 82.8 Å². The van der Waals surface area contributed by atoms with E-state index in [0.29, 0.717) is 44.6 Å². The number of nitrogens with zero attached hydrogens (tertiary/aromatic N) is 1. The Morgan fingerprint density at radius 2 is 0.625 bits per heavy atom. The van der Waals surface area contributed by atoms with E-state index in [1.54, 1.807) is 0 Å². The molecule has 0 aromatic carbocycles. The largest absolute Gasteiger partial charge is 0.468 e. The van der Waals surface area contributed by atoms with Crippen molar-refractivity contribution in [1.82, 2.24) is 4.90 Å². The molecule has 2 unspecified atom stereocenters. The van der Waals surface area contributed by atoms with E-state index in [0.717, 1.165) is 12.8 Å². The Kier molecular flexibility index (Phi) is 59.1. The van der Waals surface area contributed by atoms with Gasteiger partial charge >= 0.3 is 0 Å². The standard InChI is InChI=1S/2C17H34O2.C16H35NO/c2*1-3-5-7-9-10-12-14-17(15-19-16-18)13-11-8-6-4-2;1-3-5-7-9-13-17(15-11-12-16-18)14-10-8-6-4-2/h2*16-17H,3-15H2,1-2H3;18H,3-16H2,1-2H3. The molecule has 0 amide bonds. The van der Waals surface area contributed by atoms with E-state index in [1.807, 2.05) is 0 Å². The normalized spacial score (nSPS) is 12.0. The van der Waals surface area contributed by atoms with E-state index < -0.39 is 0 Å². The molecule has 6 nitrogen and oxygen atoms in total. The number of rotatable bonds is 44. The quantitative estimate of drug-likeness (QED) is 0.0489. The van der Waals surface area contributed by atoms with Crippen LogP contribution in [0.25, 0.3) is 0 Å². The maximum Gasteiger partial charge on any atom is 0.293 e. The number of unbranched alkanes of at least 4 members (excludes halogenated alkanes) is 23. The molecular formula is C50H103NO5. The summed E-state index contributed by atoms with van der Waals surface area (Å²) in [5.41, 5.74) is 0. The van der Waals surface area contributed by atoms with Gasteiger partial charge in [0.2, 0.25) is 0 Å². The van der Waals surface area contributed by atoms with Gasteiger partial charge in [0.05, 0.1) is 13.2 Å². The van der Waals surface area contributed by atoms with Crippen molar-refractivity contribution in [3.05, 3.63) is 0 Å². The molecule has 0 aliphatic rings. The summed E-state index contributed by atoms with van der Waals surface area (Å²) in [5.74, 6) is 1.18. The van der Waals surface area contributed by atoms with E-state index in [1.165, 1.54) is 225 Å². The minimum atomic E-state index is 0.347. The van der Waals surface area contributed by atoms with Gasteiger partial charge in [-0.3, -0.25) is 9.59 Å². The van der Waals surface area contributed by atoms with Crippen LogP contribution in [-0.2, 0) is 19.1 Å². The number of hydrogen-bond acceptors (Lipinski definition) is 6. The third-order valence-electron chi connectivity index (χ3n) is 11.2. The highest BCUT2D eigenvalue weighted by molar-refractivity contribution is 5.37. The predicted octanol–water partition coefficient (Wildman–Crippen LogP) is 15.2. The van der Waals surface area contributed by atoms with Gasteiger partial charge in [-0.1, -0.05) is 208 Å². The Hall–Kier alpha value is -1.14. The first kappa shape index (κ1) is 59.2. The summed E-state index contributed by atoms with van der Waals surface area (Å²) in [6.45, 7) is 20.0. The van der Waals surface area contributed by atoms with Gasteiger partial charge in [-0.2, -0.15) is 0 Å². The Balaban J connectivity index is -0.000000753. The maximum atomic E-state index is 10.3. The van der Waals surface area contributed by atoms with Crippen LogP contribution in [0.3, 0.4) is 0 Å². The van der Waals surface area contributed by atoms with Gasteiger partial charge in [0.25, 0.3) is 12.9 Å². The van der Waals surface area contributed by atoms with Crippen molar-refractivity contribution in [2.45, 2.75) is 260 Å². The second kappa shape index (κ2) is 56.0. The van der Waals surface area contributed by atoms with Crippen molar-refractivity contribution in [1.29, 1.82) is 0 Å². The number of aliphatic hydroxyl groups excluding tert-OH is 1. The van der Waals surface area contributed by atoms with Crippen molar-refractivity contribution in [3.63, 3.8) is 0 Å². The molecule has 0 saturated carbocycles. The van der Waals surface area contributed by atoms with Crippen LogP contribution < -0.4 is 0 Å². The van der Waals surface area contributed by atoms with E-state index in [9.17, 15) is 9.59 Å². The summed E-state index contributed by atoms with van der Waals surface area (Å²) in [5, 5.41) is 8.85. The SMILES string of the molecule is CCCCCCCCC(CCCCCC)COC=O.CCCCCCCCC(CCCCCC)COC=O.CCCCCCN(CCCCO)CCCCCC. The molecule has 0 aliphatic heterocycles. The third kappa shape index (κ3) is 52.9. The fraction of sp³-hybridized carbons (Fsp3) is 0.960. The highest BCUT2D eigenvalue weighted by atomic mass is 16.5. The van der Waals surface area contributed by atoms with E-state index in [2.05, 4.69) is 46.4 Å². The Labute approximate surface area is 352 Å². The zero-order valence-corrected chi connectivity index (χ0v) is 39.1. The summed E-state index contributed by atoms with van der Waals surface area (Å²) in [6, 6.07) is 0. The van der Waals surface area contributed by atoms with Crippen molar-refractivity contribution in [2.75, 3.05) is 39.5 Å². The highest BCUT2D eigenvalue weighted by Gasteiger charge is 2.10. The van der Waals surface area contributed by atoms with E-state index in [4.69, 9.17) is 14.6 Å². The molecule has 6 heteroatoms. The molecule has 0 bridgehead atoms. The number of carbonyl (C=O) groups excluding carboxylic acids is 2. The van der Waals surface area contributed by atoms with Gasteiger partial charge in [-0.25, -0.2) is 0 Å². The first-order valence-electron chi connectivity index (χ1n) is 25.0. The lowest BCUT2D eigenvalue weighted by molar-refractivity contribution is -0.130. The monoisotopic (exact) mass is 798 g/mol. The van der Waals surface area contributed by atoms with Crippen LogP contribution in [0.5, 0.6) is 0 Å². The molecule has 0 rings (SSSR count). The lowest BCUT2D eigenvalue weighted by Crippen LogP contribution is -2.27. The molecule has 0 heterocycles. The van der Waals surface area contributed by atoms with Crippen molar-refractivity contribution in [2.24, 2.45) is 11.8 Å². The average molecular weight is 798 g/mol. The molecule has 0 fully saturated rings. The summed E-state index contributed by atoms with van der Waals surface area (Å²) in [7, 11) is 0. The summed E-state index contributed by atoms with van der Waals surface area (Å²) in [4.78, 5) is 23.2. The molecule has 56 heavy (non-hydrogen) atoms. The maximum absolute atomic E-state index is 10.3. The van der Waals surface area contributed by atoms with Gasteiger partial charge in [0.1, 0.15) is 0 Å². The molecule has 0 aromatic rings. The second-order valence-electron chi connectivity index (χ2n) is 16.8. The Morgan fingerprint density at radius 3 is 0.911 bits per heavy atom. The number of aliphatic hydroxyl groups is 1. The van der Waals surface area contributed by atoms with Crippen LogP contribution in [0.1, 0.15) is 260 Å². The average Bonchev–Trinajstić information content (AvgIpc) is 3.21. The first-order chi connectivity index (χ1) is 27.5. The van der Waals surface area contributed by atoms with Gasteiger partial charge < -0.3 is 19.5 Å². The van der Waals surface area contributed by atoms with Crippen LogP contribution in [0.15, 0.2) is 0 Å². The Morgan fingerprint density at radius 1 is 0.375 bits per heavy atom. The lowest BCUT2D eigenvalue weighted by Gasteiger charge is -2.22. The molecule has 0 aromatic heterocycles. The number of carbonyl (C=O) groups is 2. The first-order valence-corrected chi connectivity index (χ1v) is 25.0. The van der Waals surface area contributed by atoms with Gasteiger partial charge in [0, 0.05) is 6.61 Å². The molecule has 2 atom stereocenters. The Bertz CT molecular complexity index is 640. The molecular weight excluding hydrogens is 695 g/mol. The fourth-order valence-electron chi connectivity index (χ4n) is 7.43. The smallest absolute Gasteiger partial charge is 0.293 e. The molecule has 1 N–H and O–H groups in total. The number of ether oxygens (including phenoxy) is 2.